The first-order valence-corrected chi connectivity index (χ1v) is 9.38. The SMILES string of the molecule is CS(=O)c1ccc(CNC(=O)NC2CCc3c(O)cccc32)cc1. The largest absolute Gasteiger partial charge is 0.508 e. The Morgan fingerprint density at radius 3 is 2.71 bits per heavy atom. The molecule has 2 aromatic rings. The number of nitrogens with one attached hydrogen (secondary N) is 2. The lowest BCUT2D eigenvalue weighted by atomic mass is 10.1. The third-order valence-corrected chi connectivity index (χ3v) is 5.20. The predicted molar refractivity (Wildman–Crippen MR) is 93.3 cm³/mol. The van der Waals surface area contributed by atoms with E-state index >= 15 is 0 Å². The second kappa shape index (κ2) is 7.05. The average molecular weight is 344 g/mol. The Balaban J connectivity index is 1.56. The number of fused-ring (bicyclic) bond motifs is 1. The van der Waals surface area contributed by atoms with E-state index in [1.807, 2.05) is 18.2 Å². The summed E-state index contributed by atoms with van der Waals surface area (Å²) in [6.07, 6.45) is 3.19. The van der Waals surface area contributed by atoms with E-state index in [9.17, 15) is 14.1 Å². The Hall–Kier alpha value is -2.34. The van der Waals surface area contributed by atoms with Crippen LogP contribution in [0.5, 0.6) is 5.75 Å². The predicted octanol–water partition coefficient (Wildman–Crippen LogP) is 2.62. The molecule has 1 aliphatic carbocycles. The summed E-state index contributed by atoms with van der Waals surface area (Å²) in [7, 11) is -0.997. The van der Waals surface area contributed by atoms with E-state index < -0.39 is 10.8 Å². The van der Waals surface area contributed by atoms with E-state index in [0.717, 1.165) is 34.4 Å². The fourth-order valence-corrected chi connectivity index (χ4v) is 3.49. The number of phenolic OH excluding ortho intramolecular Hbond substituents is 1. The number of amides is 2. The summed E-state index contributed by atoms with van der Waals surface area (Å²) in [6, 6.07) is 12.4. The highest BCUT2D eigenvalue weighted by molar-refractivity contribution is 7.84. The molecule has 3 N–H and O–H groups in total. The van der Waals surface area contributed by atoms with Crippen molar-refractivity contribution in [3.63, 3.8) is 0 Å². The summed E-state index contributed by atoms with van der Waals surface area (Å²) >= 11 is 0. The Labute approximate surface area is 143 Å². The third kappa shape index (κ3) is 3.59. The molecule has 3 rings (SSSR count). The van der Waals surface area contributed by atoms with Gasteiger partial charge in [0.2, 0.25) is 0 Å². The van der Waals surface area contributed by atoms with E-state index in [1.54, 1.807) is 30.5 Å². The number of urea groups is 1. The number of aromatic hydroxyl groups is 1. The second-order valence-corrected chi connectivity index (χ2v) is 7.24. The van der Waals surface area contributed by atoms with Crippen LogP contribution in [0.1, 0.15) is 29.2 Å². The van der Waals surface area contributed by atoms with Gasteiger partial charge in [-0.1, -0.05) is 24.3 Å². The van der Waals surface area contributed by atoms with Crippen molar-refractivity contribution in [2.45, 2.75) is 30.3 Å². The summed E-state index contributed by atoms with van der Waals surface area (Å²) in [5.74, 6) is 0.297. The number of carbonyl (C=O) groups is 1. The molecule has 1 aliphatic rings. The van der Waals surface area contributed by atoms with Crippen molar-refractivity contribution in [3.8, 4) is 5.75 Å². The normalized spacial score (nSPS) is 17.1. The van der Waals surface area contributed by atoms with Crippen LogP contribution in [-0.2, 0) is 23.8 Å². The molecular weight excluding hydrogens is 324 g/mol. The highest BCUT2D eigenvalue weighted by atomic mass is 32.2. The first-order chi connectivity index (χ1) is 11.5. The first kappa shape index (κ1) is 16.5. The van der Waals surface area contributed by atoms with Gasteiger partial charge in [0, 0.05) is 28.5 Å². The zero-order valence-electron chi connectivity index (χ0n) is 13.4. The van der Waals surface area contributed by atoms with Gasteiger partial charge >= 0.3 is 6.03 Å². The summed E-state index contributed by atoms with van der Waals surface area (Å²) in [4.78, 5) is 12.9. The van der Waals surface area contributed by atoms with E-state index in [4.69, 9.17) is 0 Å². The molecule has 0 saturated carbocycles. The first-order valence-electron chi connectivity index (χ1n) is 7.82. The van der Waals surface area contributed by atoms with Crippen LogP contribution in [0.3, 0.4) is 0 Å². The molecule has 126 valence electrons. The Morgan fingerprint density at radius 1 is 1.25 bits per heavy atom. The zero-order chi connectivity index (χ0) is 17.1. The van der Waals surface area contributed by atoms with Crippen molar-refractivity contribution in [1.82, 2.24) is 10.6 Å². The molecule has 2 aromatic carbocycles. The maximum Gasteiger partial charge on any atom is 0.315 e. The van der Waals surface area contributed by atoms with Crippen LogP contribution in [0, 0.1) is 0 Å². The van der Waals surface area contributed by atoms with E-state index in [2.05, 4.69) is 10.6 Å². The Bertz CT molecular complexity index is 774. The van der Waals surface area contributed by atoms with Crippen LogP contribution in [0.15, 0.2) is 47.4 Å². The van der Waals surface area contributed by atoms with Crippen LogP contribution >= 0.6 is 0 Å². The topological polar surface area (TPSA) is 78.4 Å². The summed E-state index contributed by atoms with van der Waals surface area (Å²) in [5, 5.41) is 15.6. The lowest BCUT2D eigenvalue weighted by Gasteiger charge is -2.15. The minimum absolute atomic E-state index is 0.0722. The fourth-order valence-electron chi connectivity index (χ4n) is 2.98. The molecule has 2 amide bonds. The van der Waals surface area contributed by atoms with Crippen molar-refractivity contribution < 1.29 is 14.1 Å². The Morgan fingerprint density at radius 2 is 2.00 bits per heavy atom. The van der Waals surface area contributed by atoms with Gasteiger partial charge in [0.25, 0.3) is 0 Å². The molecule has 0 radical (unpaired) electrons. The number of rotatable bonds is 4. The van der Waals surface area contributed by atoms with Gasteiger partial charge in [0.15, 0.2) is 0 Å². The molecule has 0 saturated heterocycles. The molecule has 0 heterocycles. The highest BCUT2D eigenvalue weighted by Crippen LogP contribution is 2.36. The van der Waals surface area contributed by atoms with Crippen molar-refractivity contribution in [1.29, 1.82) is 0 Å². The van der Waals surface area contributed by atoms with Gasteiger partial charge < -0.3 is 15.7 Å². The number of hydrogen-bond acceptors (Lipinski definition) is 3. The number of phenols is 1. The van der Waals surface area contributed by atoms with Gasteiger partial charge in [0.1, 0.15) is 5.75 Å². The molecule has 0 aliphatic heterocycles. The summed E-state index contributed by atoms with van der Waals surface area (Å²) in [5.41, 5.74) is 2.86. The van der Waals surface area contributed by atoms with Crippen LogP contribution in [0.25, 0.3) is 0 Å². The van der Waals surface area contributed by atoms with Crippen molar-refractivity contribution in [2.24, 2.45) is 0 Å². The molecule has 24 heavy (non-hydrogen) atoms. The maximum absolute atomic E-state index is 12.1. The lowest BCUT2D eigenvalue weighted by Crippen LogP contribution is -2.36. The summed E-state index contributed by atoms with van der Waals surface area (Å²) in [6.45, 7) is 0.405. The molecule has 2 atom stereocenters. The van der Waals surface area contributed by atoms with Crippen molar-refractivity contribution in [3.05, 3.63) is 59.2 Å². The second-order valence-electron chi connectivity index (χ2n) is 5.86. The molecular formula is C18H20N2O3S. The van der Waals surface area contributed by atoms with Crippen LogP contribution < -0.4 is 10.6 Å². The molecule has 2 unspecified atom stereocenters. The molecule has 0 bridgehead atoms. The zero-order valence-corrected chi connectivity index (χ0v) is 14.2. The van der Waals surface area contributed by atoms with E-state index in [-0.39, 0.29) is 12.1 Å². The summed E-state index contributed by atoms with van der Waals surface area (Å²) < 4.78 is 11.4. The molecule has 5 nitrogen and oxygen atoms in total. The van der Waals surface area contributed by atoms with Gasteiger partial charge in [-0.25, -0.2) is 4.79 Å². The van der Waals surface area contributed by atoms with Crippen molar-refractivity contribution in [2.75, 3.05) is 6.26 Å². The van der Waals surface area contributed by atoms with Gasteiger partial charge in [-0.15, -0.1) is 0 Å². The van der Waals surface area contributed by atoms with Gasteiger partial charge in [-0.2, -0.15) is 0 Å². The van der Waals surface area contributed by atoms with E-state index in [1.165, 1.54) is 0 Å². The monoisotopic (exact) mass is 344 g/mol. The average Bonchev–Trinajstić information content (AvgIpc) is 2.98. The van der Waals surface area contributed by atoms with Gasteiger partial charge in [-0.05, 0) is 47.7 Å². The minimum Gasteiger partial charge on any atom is -0.508 e. The minimum atomic E-state index is -0.997. The number of carbonyl (C=O) groups excluding carboxylic acids is 1. The van der Waals surface area contributed by atoms with Crippen LogP contribution in [0.2, 0.25) is 0 Å². The van der Waals surface area contributed by atoms with Crippen LogP contribution in [0.4, 0.5) is 4.79 Å². The quantitative estimate of drug-likeness (QED) is 0.798. The van der Waals surface area contributed by atoms with Crippen LogP contribution in [-0.4, -0.2) is 21.6 Å². The molecule has 0 spiro atoms. The van der Waals surface area contributed by atoms with Crippen molar-refractivity contribution >= 4 is 16.8 Å². The number of benzene rings is 2. The highest BCUT2D eigenvalue weighted by Gasteiger charge is 2.25. The number of hydrogen-bond donors (Lipinski definition) is 3. The smallest absolute Gasteiger partial charge is 0.315 e. The van der Waals surface area contributed by atoms with E-state index in [0.29, 0.717) is 12.3 Å². The Kier molecular flexibility index (Phi) is 4.85. The maximum atomic E-state index is 12.1. The molecule has 0 fully saturated rings. The molecule has 0 aromatic heterocycles. The molecule has 6 heteroatoms. The standard InChI is InChI=1S/C18H20N2O3S/c1-24(23)13-7-5-12(6-8-13)11-19-18(22)20-16-10-9-15-14(16)3-2-4-17(15)21/h2-8,16,21H,9-11H2,1H3,(H2,19,20,22). The third-order valence-electron chi connectivity index (χ3n) is 4.26. The fraction of sp³-hybridized carbons (Fsp3) is 0.278. The van der Waals surface area contributed by atoms with Gasteiger partial charge in [0.05, 0.1) is 6.04 Å². The van der Waals surface area contributed by atoms with Gasteiger partial charge in [-0.3, -0.25) is 4.21 Å². The lowest BCUT2D eigenvalue weighted by molar-refractivity contribution is 0.236.